The number of hydrogen-bond donors (Lipinski definition) is 0. The van der Waals surface area contributed by atoms with Crippen molar-refractivity contribution in [1.82, 2.24) is 4.90 Å². The SMILES string of the molecule is CCCCOc1ccc(C(=O)N(Cc2ccc(C(C)C)cc2)[C@@H]2CCS(=O)(=O)C2)cc1. The fraction of sp³-hybridized carbons (Fsp3) is 0.480. The normalized spacial score (nSPS) is 17.6. The quantitative estimate of drug-likeness (QED) is 0.521. The predicted octanol–water partition coefficient (Wildman–Crippen LogP) is 4.82. The molecule has 0 unspecified atom stereocenters. The Morgan fingerprint density at radius 2 is 1.77 bits per heavy atom. The minimum Gasteiger partial charge on any atom is -0.494 e. The molecule has 2 aromatic rings. The van der Waals surface area contributed by atoms with Gasteiger partial charge in [-0.1, -0.05) is 51.5 Å². The summed E-state index contributed by atoms with van der Waals surface area (Å²) in [5, 5.41) is 0. The third-order valence-corrected chi connectivity index (χ3v) is 7.53. The lowest BCUT2D eigenvalue weighted by atomic mass is 10.0. The summed E-state index contributed by atoms with van der Waals surface area (Å²) in [4.78, 5) is 15.1. The van der Waals surface area contributed by atoms with Crippen LogP contribution in [0.3, 0.4) is 0 Å². The molecule has 0 spiro atoms. The van der Waals surface area contributed by atoms with E-state index in [0.717, 1.165) is 24.2 Å². The third-order valence-electron chi connectivity index (χ3n) is 5.78. The van der Waals surface area contributed by atoms with Crippen LogP contribution in [0.4, 0.5) is 0 Å². The number of carbonyl (C=O) groups excluding carboxylic acids is 1. The minimum atomic E-state index is -3.10. The van der Waals surface area contributed by atoms with Crippen LogP contribution in [0.2, 0.25) is 0 Å². The monoisotopic (exact) mass is 443 g/mol. The zero-order valence-corrected chi connectivity index (χ0v) is 19.5. The van der Waals surface area contributed by atoms with Gasteiger partial charge in [0.25, 0.3) is 5.91 Å². The van der Waals surface area contributed by atoms with Crippen molar-refractivity contribution in [1.29, 1.82) is 0 Å². The molecule has 0 bridgehead atoms. The van der Waals surface area contributed by atoms with E-state index in [9.17, 15) is 13.2 Å². The highest BCUT2D eigenvalue weighted by atomic mass is 32.2. The second kappa shape index (κ2) is 10.3. The van der Waals surface area contributed by atoms with Gasteiger partial charge in [-0.2, -0.15) is 0 Å². The molecule has 0 saturated carbocycles. The molecule has 5 nitrogen and oxygen atoms in total. The molecule has 0 aromatic heterocycles. The Morgan fingerprint density at radius 3 is 2.32 bits per heavy atom. The first kappa shape index (κ1) is 23.3. The predicted molar refractivity (Wildman–Crippen MR) is 124 cm³/mol. The van der Waals surface area contributed by atoms with Gasteiger partial charge in [0.1, 0.15) is 5.75 Å². The largest absolute Gasteiger partial charge is 0.494 e. The van der Waals surface area contributed by atoms with Gasteiger partial charge >= 0.3 is 0 Å². The van der Waals surface area contributed by atoms with Gasteiger partial charge in [0.2, 0.25) is 0 Å². The fourth-order valence-electron chi connectivity index (χ4n) is 3.79. The number of benzene rings is 2. The van der Waals surface area contributed by atoms with Crippen molar-refractivity contribution >= 4 is 15.7 Å². The molecular formula is C25H33NO4S. The van der Waals surface area contributed by atoms with E-state index in [0.29, 0.717) is 31.1 Å². The molecule has 6 heteroatoms. The van der Waals surface area contributed by atoms with E-state index in [-0.39, 0.29) is 23.5 Å². The average molecular weight is 444 g/mol. The number of ether oxygens (including phenoxy) is 1. The Labute approximate surface area is 186 Å². The van der Waals surface area contributed by atoms with Gasteiger partial charge in [0.15, 0.2) is 9.84 Å². The Morgan fingerprint density at radius 1 is 1.10 bits per heavy atom. The van der Waals surface area contributed by atoms with E-state index < -0.39 is 9.84 Å². The van der Waals surface area contributed by atoms with Crippen LogP contribution >= 0.6 is 0 Å². The van der Waals surface area contributed by atoms with E-state index in [1.54, 1.807) is 17.0 Å². The summed E-state index contributed by atoms with van der Waals surface area (Å²) in [6.45, 7) is 7.45. The van der Waals surface area contributed by atoms with Crippen molar-refractivity contribution in [2.24, 2.45) is 0 Å². The van der Waals surface area contributed by atoms with Gasteiger partial charge < -0.3 is 9.64 Å². The number of unbranched alkanes of at least 4 members (excludes halogenated alkanes) is 1. The topological polar surface area (TPSA) is 63.7 Å². The molecule has 1 saturated heterocycles. The van der Waals surface area contributed by atoms with Gasteiger partial charge in [-0.3, -0.25) is 4.79 Å². The highest BCUT2D eigenvalue weighted by Gasteiger charge is 2.35. The molecule has 1 aliphatic heterocycles. The van der Waals surface area contributed by atoms with Gasteiger partial charge in [-0.25, -0.2) is 8.42 Å². The highest BCUT2D eigenvalue weighted by Crippen LogP contribution is 2.24. The second-order valence-corrected chi connectivity index (χ2v) is 10.8. The lowest BCUT2D eigenvalue weighted by Crippen LogP contribution is -2.40. The molecule has 2 aromatic carbocycles. The van der Waals surface area contributed by atoms with E-state index in [1.165, 1.54) is 5.56 Å². The van der Waals surface area contributed by atoms with Crippen LogP contribution in [-0.2, 0) is 16.4 Å². The first-order valence-electron chi connectivity index (χ1n) is 11.1. The molecular weight excluding hydrogens is 410 g/mol. The molecule has 168 valence electrons. The van der Waals surface area contributed by atoms with Gasteiger partial charge in [-0.05, 0) is 54.2 Å². The van der Waals surface area contributed by atoms with Crippen LogP contribution in [0.1, 0.15) is 67.4 Å². The van der Waals surface area contributed by atoms with Crippen molar-refractivity contribution in [2.75, 3.05) is 18.1 Å². The summed E-state index contributed by atoms with van der Waals surface area (Å²) in [6.07, 6.45) is 2.53. The molecule has 0 aliphatic carbocycles. The van der Waals surface area contributed by atoms with E-state index in [2.05, 4.69) is 32.9 Å². The molecule has 0 radical (unpaired) electrons. The molecule has 1 fully saturated rings. The highest BCUT2D eigenvalue weighted by molar-refractivity contribution is 7.91. The van der Waals surface area contributed by atoms with Crippen LogP contribution in [-0.4, -0.2) is 43.4 Å². The van der Waals surface area contributed by atoms with E-state index in [4.69, 9.17) is 4.74 Å². The maximum absolute atomic E-state index is 13.4. The lowest BCUT2D eigenvalue weighted by molar-refractivity contribution is 0.0681. The number of sulfone groups is 1. The third kappa shape index (κ3) is 6.33. The summed E-state index contributed by atoms with van der Waals surface area (Å²) in [7, 11) is -3.10. The Bertz CT molecular complexity index is 966. The molecule has 1 atom stereocenters. The van der Waals surface area contributed by atoms with Crippen LogP contribution in [0, 0.1) is 0 Å². The summed E-state index contributed by atoms with van der Waals surface area (Å²) < 4.78 is 29.9. The number of carbonyl (C=O) groups is 1. The summed E-state index contributed by atoms with van der Waals surface area (Å²) >= 11 is 0. The van der Waals surface area contributed by atoms with Gasteiger partial charge in [-0.15, -0.1) is 0 Å². The minimum absolute atomic E-state index is 0.0288. The molecule has 1 heterocycles. The summed E-state index contributed by atoms with van der Waals surface area (Å²) in [5.74, 6) is 1.20. The first-order chi connectivity index (χ1) is 14.8. The zero-order chi connectivity index (χ0) is 22.4. The number of amides is 1. The average Bonchev–Trinajstić information content (AvgIpc) is 3.12. The van der Waals surface area contributed by atoms with E-state index in [1.807, 2.05) is 24.3 Å². The van der Waals surface area contributed by atoms with Crippen LogP contribution in [0.25, 0.3) is 0 Å². The van der Waals surface area contributed by atoms with Crippen molar-refractivity contribution in [3.05, 3.63) is 65.2 Å². The van der Waals surface area contributed by atoms with E-state index >= 15 is 0 Å². The lowest BCUT2D eigenvalue weighted by Gasteiger charge is -2.29. The fourth-order valence-corrected chi connectivity index (χ4v) is 5.52. The van der Waals surface area contributed by atoms with Crippen molar-refractivity contribution < 1.29 is 17.9 Å². The second-order valence-electron chi connectivity index (χ2n) is 8.61. The van der Waals surface area contributed by atoms with Crippen LogP contribution in [0.15, 0.2) is 48.5 Å². The molecule has 1 aliphatic rings. The Hall–Kier alpha value is -2.34. The molecule has 3 rings (SSSR count). The van der Waals surface area contributed by atoms with Gasteiger partial charge in [0, 0.05) is 18.2 Å². The Kier molecular flexibility index (Phi) is 7.76. The van der Waals surface area contributed by atoms with Crippen molar-refractivity contribution in [3.8, 4) is 5.75 Å². The number of rotatable bonds is 9. The molecule has 0 N–H and O–H groups in total. The van der Waals surface area contributed by atoms with Crippen LogP contribution < -0.4 is 4.74 Å². The number of nitrogens with zero attached hydrogens (tertiary/aromatic N) is 1. The van der Waals surface area contributed by atoms with Crippen LogP contribution in [0.5, 0.6) is 5.75 Å². The molecule has 1 amide bonds. The summed E-state index contributed by atoms with van der Waals surface area (Å²) in [6, 6.07) is 15.1. The maximum atomic E-state index is 13.4. The number of hydrogen-bond acceptors (Lipinski definition) is 4. The Balaban J connectivity index is 1.79. The summed E-state index contributed by atoms with van der Waals surface area (Å²) in [5.41, 5.74) is 2.79. The first-order valence-corrected chi connectivity index (χ1v) is 12.9. The molecule has 31 heavy (non-hydrogen) atoms. The standard InChI is InChI=1S/C25H33NO4S/c1-4-5-15-30-24-12-10-22(11-13-24)25(27)26(23-14-16-31(28,29)18-23)17-20-6-8-21(9-7-20)19(2)3/h6-13,19,23H,4-5,14-18H2,1-3H3/t23-/m1/s1. The van der Waals surface area contributed by atoms with Gasteiger partial charge in [0.05, 0.1) is 18.1 Å². The van der Waals surface area contributed by atoms with Crippen molar-refractivity contribution in [3.63, 3.8) is 0 Å². The zero-order valence-electron chi connectivity index (χ0n) is 18.7. The smallest absolute Gasteiger partial charge is 0.254 e. The maximum Gasteiger partial charge on any atom is 0.254 e. The van der Waals surface area contributed by atoms with Crippen molar-refractivity contribution in [2.45, 2.75) is 58.5 Å².